The summed E-state index contributed by atoms with van der Waals surface area (Å²) in [5.74, 6) is 0.457. The van der Waals surface area contributed by atoms with Crippen LogP contribution in [0.15, 0.2) is 30.5 Å². The van der Waals surface area contributed by atoms with Crippen molar-refractivity contribution in [1.82, 2.24) is 9.78 Å². The summed E-state index contributed by atoms with van der Waals surface area (Å²) in [6, 6.07) is 7.15. The molecule has 0 fully saturated rings. The summed E-state index contributed by atoms with van der Waals surface area (Å²) in [7, 11) is 1.52. The molecular formula is C15H17ClN2O2. The molecule has 0 bridgehead atoms. The summed E-state index contributed by atoms with van der Waals surface area (Å²) in [5, 5.41) is 4.92. The molecule has 0 saturated heterocycles. The van der Waals surface area contributed by atoms with E-state index in [1.54, 1.807) is 18.2 Å². The van der Waals surface area contributed by atoms with Crippen molar-refractivity contribution >= 4 is 17.4 Å². The molecule has 5 heteroatoms. The van der Waals surface area contributed by atoms with Gasteiger partial charge in [-0.05, 0) is 38.1 Å². The maximum atomic E-state index is 12.3. The maximum absolute atomic E-state index is 12.3. The van der Waals surface area contributed by atoms with Gasteiger partial charge in [0, 0.05) is 17.3 Å². The summed E-state index contributed by atoms with van der Waals surface area (Å²) < 4.78 is 7.03. The molecule has 4 nitrogen and oxygen atoms in total. The van der Waals surface area contributed by atoms with Crippen LogP contribution in [0.4, 0.5) is 0 Å². The van der Waals surface area contributed by atoms with Crippen LogP contribution in [0.5, 0.6) is 5.75 Å². The number of benzene rings is 1. The van der Waals surface area contributed by atoms with Crippen molar-refractivity contribution in [2.24, 2.45) is 0 Å². The van der Waals surface area contributed by atoms with E-state index in [9.17, 15) is 4.79 Å². The van der Waals surface area contributed by atoms with E-state index in [1.807, 2.05) is 30.8 Å². The monoisotopic (exact) mass is 292 g/mol. The summed E-state index contributed by atoms with van der Waals surface area (Å²) >= 11 is 5.89. The van der Waals surface area contributed by atoms with Gasteiger partial charge in [-0.25, -0.2) is 0 Å². The molecule has 0 aliphatic rings. The Morgan fingerprint density at radius 2 is 2.15 bits per heavy atom. The van der Waals surface area contributed by atoms with Gasteiger partial charge >= 0.3 is 0 Å². The van der Waals surface area contributed by atoms with Crippen molar-refractivity contribution in [3.63, 3.8) is 0 Å². The van der Waals surface area contributed by atoms with Gasteiger partial charge in [0.1, 0.15) is 5.75 Å². The first kappa shape index (κ1) is 14.6. The number of ketones is 1. The van der Waals surface area contributed by atoms with Gasteiger partial charge in [-0.15, -0.1) is 0 Å². The Morgan fingerprint density at radius 1 is 1.40 bits per heavy atom. The summed E-state index contributed by atoms with van der Waals surface area (Å²) in [5.41, 5.74) is 1.27. The second-order valence-electron chi connectivity index (χ2n) is 4.83. The first-order chi connectivity index (χ1) is 9.51. The highest BCUT2D eigenvalue weighted by Crippen LogP contribution is 2.24. The fraction of sp³-hybridized carbons (Fsp3) is 0.333. The van der Waals surface area contributed by atoms with E-state index in [4.69, 9.17) is 16.3 Å². The zero-order chi connectivity index (χ0) is 14.7. The Bertz CT molecular complexity index is 620. The molecule has 0 aliphatic carbocycles. The van der Waals surface area contributed by atoms with Gasteiger partial charge < -0.3 is 4.74 Å². The number of aromatic nitrogens is 2. The molecule has 0 radical (unpaired) electrons. The van der Waals surface area contributed by atoms with Crippen molar-refractivity contribution in [2.75, 3.05) is 7.11 Å². The molecule has 106 valence electrons. The van der Waals surface area contributed by atoms with Gasteiger partial charge in [0.15, 0.2) is 5.78 Å². The second-order valence-corrected chi connectivity index (χ2v) is 5.26. The van der Waals surface area contributed by atoms with Crippen LogP contribution in [0.3, 0.4) is 0 Å². The highest BCUT2D eigenvalue weighted by molar-refractivity contribution is 6.30. The Labute approximate surface area is 123 Å². The Hall–Kier alpha value is -1.81. The van der Waals surface area contributed by atoms with Crippen molar-refractivity contribution in [3.8, 4) is 5.75 Å². The average Bonchev–Trinajstić information content (AvgIpc) is 2.87. The van der Waals surface area contributed by atoms with E-state index in [0.29, 0.717) is 16.3 Å². The number of carbonyl (C=O) groups excluding carboxylic acids is 1. The Morgan fingerprint density at radius 3 is 2.75 bits per heavy atom. The highest BCUT2D eigenvalue weighted by atomic mass is 35.5. The van der Waals surface area contributed by atoms with Crippen molar-refractivity contribution < 1.29 is 9.53 Å². The van der Waals surface area contributed by atoms with E-state index in [-0.39, 0.29) is 18.2 Å². The van der Waals surface area contributed by atoms with Gasteiger partial charge in [0.05, 0.1) is 24.8 Å². The molecule has 2 rings (SSSR count). The van der Waals surface area contributed by atoms with E-state index in [0.717, 1.165) is 5.69 Å². The van der Waals surface area contributed by atoms with Crippen LogP contribution in [0, 0.1) is 0 Å². The molecule has 1 heterocycles. The molecule has 0 atom stereocenters. The van der Waals surface area contributed by atoms with Crippen LogP contribution in [-0.2, 0) is 6.42 Å². The Balaban J connectivity index is 2.19. The minimum atomic E-state index is -0.0347. The van der Waals surface area contributed by atoms with E-state index in [1.165, 1.54) is 7.11 Å². The lowest BCUT2D eigenvalue weighted by atomic mass is 10.1. The number of rotatable bonds is 5. The molecule has 0 unspecified atom stereocenters. The highest BCUT2D eigenvalue weighted by Gasteiger charge is 2.15. The minimum Gasteiger partial charge on any atom is -0.496 e. The molecule has 1 aromatic carbocycles. The molecule has 0 spiro atoms. The first-order valence-corrected chi connectivity index (χ1v) is 6.80. The molecular weight excluding hydrogens is 276 g/mol. The SMILES string of the molecule is COc1cc(Cl)ccc1C(=O)Cc1ccn(C(C)C)n1. The summed E-state index contributed by atoms with van der Waals surface area (Å²) in [4.78, 5) is 12.3. The van der Waals surface area contributed by atoms with Crippen LogP contribution < -0.4 is 4.74 Å². The summed E-state index contributed by atoms with van der Waals surface area (Å²) in [6.07, 6.45) is 2.13. The topological polar surface area (TPSA) is 44.1 Å². The molecule has 2 aromatic rings. The van der Waals surface area contributed by atoms with Crippen molar-refractivity contribution in [1.29, 1.82) is 0 Å². The third-order valence-electron chi connectivity index (χ3n) is 3.00. The summed E-state index contributed by atoms with van der Waals surface area (Å²) in [6.45, 7) is 4.08. The lowest BCUT2D eigenvalue weighted by Gasteiger charge is -2.07. The fourth-order valence-electron chi connectivity index (χ4n) is 1.91. The third kappa shape index (κ3) is 3.20. The van der Waals surface area contributed by atoms with Crippen molar-refractivity contribution in [2.45, 2.75) is 26.3 Å². The number of carbonyl (C=O) groups is 1. The molecule has 1 aromatic heterocycles. The lowest BCUT2D eigenvalue weighted by Crippen LogP contribution is -2.08. The van der Waals surface area contributed by atoms with Gasteiger partial charge in [-0.1, -0.05) is 11.6 Å². The fourth-order valence-corrected chi connectivity index (χ4v) is 2.08. The van der Waals surface area contributed by atoms with Gasteiger partial charge in [-0.3, -0.25) is 9.48 Å². The van der Waals surface area contributed by atoms with Crippen LogP contribution in [0.2, 0.25) is 5.02 Å². The number of methoxy groups -OCH3 is 1. The standard InChI is InChI=1S/C15H17ClN2O2/c1-10(2)18-7-6-12(17-18)9-14(19)13-5-4-11(16)8-15(13)20-3/h4-8,10H,9H2,1-3H3. The first-order valence-electron chi connectivity index (χ1n) is 6.42. The largest absolute Gasteiger partial charge is 0.496 e. The average molecular weight is 293 g/mol. The van der Waals surface area contributed by atoms with Crippen molar-refractivity contribution in [3.05, 3.63) is 46.7 Å². The zero-order valence-corrected chi connectivity index (χ0v) is 12.5. The third-order valence-corrected chi connectivity index (χ3v) is 3.23. The second kappa shape index (κ2) is 6.09. The number of ether oxygens (including phenoxy) is 1. The maximum Gasteiger partial charge on any atom is 0.172 e. The molecule has 20 heavy (non-hydrogen) atoms. The molecule has 0 aliphatic heterocycles. The number of hydrogen-bond donors (Lipinski definition) is 0. The smallest absolute Gasteiger partial charge is 0.172 e. The molecule has 0 saturated carbocycles. The molecule has 0 N–H and O–H groups in total. The van der Waals surface area contributed by atoms with E-state index >= 15 is 0 Å². The number of halogens is 1. The van der Waals surface area contributed by atoms with Gasteiger partial charge in [0.2, 0.25) is 0 Å². The van der Waals surface area contributed by atoms with Crippen LogP contribution in [-0.4, -0.2) is 22.7 Å². The van der Waals surface area contributed by atoms with Crippen LogP contribution in [0.1, 0.15) is 35.9 Å². The molecule has 0 amide bonds. The van der Waals surface area contributed by atoms with E-state index in [2.05, 4.69) is 5.10 Å². The predicted octanol–water partition coefficient (Wildman–Crippen LogP) is 3.55. The van der Waals surface area contributed by atoms with Gasteiger partial charge in [0.25, 0.3) is 0 Å². The van der Waals surface area contributed by atoms with E-state index < -0.39 is 0 Å². The number of Topliss-reactive ketones (excluding diaryl/α,β-unsaturated/α-hetero) is 1. The Kier molecular flexibility index (Phi) is 4.45. The van der Waals surface area contributed by atoms with Crippen LogP contribution in [0.25, 0.3) is 0 Å². The van der Waals surface area contributed by atoms with Gasteiger partial charge in [-0.2, -0.15) is 5.10 Å². The normalized spacial score (nSPS) is 10.8. The van der Waals surface area contributed by atoms with Crippen LogP contribution >= 0.6 is 11.6 Å². The number of nitrogens with zero attached hydrogens (tertiary/aromatic N) is 2. The number of hydrogen-bond acceptors (Lipinski definition) is 3. The zero-order valence-electron chi connectivity index (χ0n) is 11.8. The lowest BCUT2D eigenvalue weighted by molar-refractivity contribution is 0.0989. The quantitative estimate of drug-likeness (QED) is 0.792. The predicted molar refractivity (Wildman–Crippen MR) is 78.7 cm³/mol. The minimum absolute atomic E-state index is 0.0347.